The first kappa shape index (κ1) is 8.51. The molecule has 0 aromatic rings. The van der Waals surface area contributed by atoms with Gasteiger partial charge in [0.05, 0.1) is 0 Å². The SMILES string of the molecule is CC1C=CC(C(C)C)CC1=O. The number of hydrogen-bond acceptors (Lipinski definition) is 1. The fourth-order valence-corrected chi connectivity index (χ4v) is 1.36. The van der Waals surface area contributed by atoms with E-state index in [0.717, 1.165) is 6.42 Å². The van der Waals surface area contributed by atoms with Gasteiger partial charge in [-0.05, 0) is 11.8 Å². The summed E-state index contributed by atoms with van der Waals surface area (Å²) in [6, 6.07) is 0. The monoisotopic (exact) mass is 152 g/mol. The highest BCUT2D eigenvalue weighted by molar-refractivity contribution is 5.83. The molecule has 1 aliphatic carbocycles. The van der Waals surface area contributed by atoms with Crippen LogP contribution in [0.15, 0.2) is 12.2 Å². The van der Waals surface area contributed by atoms with Gasteiger partial charge in [-0.3, -0.25) is 4.79 Å². The van der Waals surface area contributed by atoms with Crippen LogP contribution in [0.1, 0.15) is 27.2 Å². The van der Waals surface area contributed by atoms with Crippen LogP contribution >= 0.6 is 0 Å². The molecular formula is C10H16O. The number of allylic oxidation sites excluding steroid dienone is 2. The number of carbonyl (C=O) groups is 1. The molecule has 0 fully saturated rings. The third-order valence-electron chi connectivity index (χ3n) is 2.45. The van der Waals surface area contributed by atoms with Gasteiger partial charge in [0.15, 0.2) is 0 Å². The standard InChI is InChI=1S/C10H16O/c1-7(2)9-5-4-8(3)10(11)6-9/h4-5,7-9H,6H2,1-3H3. The van der Waals surface area contributed by atoms with Crippen molar-refractivity contribution in [1.29, 1.82) is 0 Å². The molecule has 0 radical (unpaired) electrons. The predicted molar refractivity (Wildman–Crippen MR) is 46.3 cm³/mol. The highest BCUT2D eigenvalue weighted by Crippen LogP contribution is 2.24. The summed E-state index contributed by atoms with van der Waals surface area (Å²) in [5, 5.41) is 0. The van der Waals surface area contributed by atoms with Gasteiger partial charge < -0.3 is 0 Å². The van der Waals surface area contributed by atoms with Crippen LogP contribution in [0.4, 0.5) is 0 Å². The molecule has 0 N–H and O–H groups in total. The van der Waals surface area contributed by atoms with Crippen molar-refractivity contribution in [2.75, 3.05) is 0 Å². The average Bonchev–Trinajstić information content (AvgIpc) is 1.94. The summed E-state index contributed by atoms with van der Waals surface area (Å²) < 4.78 is 0. The van der Waals surface area contributed by atoms with E-state index >= 15 is 0 Å². The molecule has 0 saturated heterocycles. The van der Waals surface area contributed by atoms with Crippen LogP contribution in [-0.2, 0) is 4.79 Å². The third kappa shape index (κ3) is 1.92. The van der Waals surface area contributed by atoms with Crippen LogP contribution in [-0.4, -0.2) is 5.78 Å². The Morgan fingerprint density at radius 3 is 2.55 bits per heavy atom. The molecule has 11 heavy (non-hydrogen) atoms. The number of Topliss-reactive ketones (excluding diaryl/α,β-unsaturated/α-hetero) is 1. The van der Waals surface area contributed by atoms with Crippen molar-refractivity contribution < 1.29 is 4.79 Å². The summed E-state index contributed by atoms with van der Waals surface area (Å²) in [5.74, 6) is 1.64. The molecule has 1 rings (SSSR count). The second kappa shape index (κ2) is 3.21. The van der Waals surface area contributed by atoms with E-state index in [2.05, 4.69) is 19.9 Å². The third-order valence-corrected chi connectivity index (χ3v) is 2.45. The molecular weight excluding hydrogens is 136 g/mol. The first-order valence-corrected chi connectivity index (χ1v) is 4.32. The summed E-state index contributed by atoms with van der Waals surface area (Å²) in [6.07, 6.45) is 4.97. The van der Waals surface area contributed by atoms with E-state index in [-0.39, 0.29) is 5.92 Å². The maximum atomic E-state index is 11.3. The van der Waals surface area contributed by atoms with Gasteiger partial charge in [0, 0.05) is 12.3 Å². The molecule has 1 aliphatic rings. The van der Waals surface area contributed by atoms with Gasteiger partial charge in [0.2, 0.25) is 0 Å². The first-order valence-electron chi connectivity index (χ1n) is 4.32. The van der Waals surface area contributed by atoms with Crippen molar-refractivity contribution in [1.82, 2.24) is 0 Å². The van der Waals surface area contributed by atoms with E-state index in [4.69, 9.17) is 0 Å². The van der Waals surface area contributed by atoms with Crippen LogP contribution < -0.4 is 0 Å². The summed E-state index contributed by atoms with van der Waals surface area (Å²) in [6.45, 7) is 6.30. The zero-order valence-corrected chi connectivity index (χ0v) is 7.50. The smallest absolute Gasteiger partial charge is 0.140 e. The highest BCUT2D eigenvalue weighted by atomic mass is 16.1. The van der Waals surface area contributed by atoms with E-state index in [9.17, 15) is 4.79 Å². The molecule has 0 spiro atoms. The summed E-state index contributed by atoms with van der Waals surface area (Å²) in [5.41, 5.74) is 0. The maximum Gasteiger partial charge on any atom is 0.140 e. The van der Waals surface area contributed by atoms with Crippen LogP contribution in [0.2, 0.25) is 0 Å². The van der Waals surface area contributed by atoms with Gasteiger partial charge in [0.1, 0.15) is 5.78 Å². The van der Waals surface area contributed by atoms with E-state index in [1.54, 1.807) is 0 Å². The van der Waals surface area contributed by atoms with Gasteiger partial charge in [-0.1, -0.05) is 32.9 Å². The van der Waals surface area contributed by atoms with Gasteiger partial charge in [0.25, 0.3) is 0 Å². The number of rotatable bonds is 1. The van der Waals surface area contributed by atoms with E-state index in [1.165, 1.54) is 0 Å². The van der Waals surface area contributed by atoms with E-state index in [0.29, 0.717) is 17.6 Å². The molecule has 1 heteroatoms. The lowest BCUT2D eigenvalue weighted by molar-refractivity contribution is -0.122. The van der Waals surface area contributed by atoms with Gasteiger partial charge in [-0.2, -0.15) is 0 Å². The summed E-state index contributed by atoms with van der Waals surface area (Å²) >= 11 is 0. The fraction of sp³-hybridized carbons (Fsp3) is 0.700. The van der Waals surface area contributed by atoms with Crippen LogP contribution in [0.3, 0.4) is 0 Å². The topological polar surface area (TPSA) is 17.1 Å². The highest BCUT2D eigenvalue weighted by Gasteiger charge is 2.22. The minimum Gasteiger partial charge on any atom is -0.299 e. The largest absolute Gasteiger partial charge is 0.299 e. The Balaban J connectivity index is 2.64. The fourth-order valence-electron chi connectivity index (χ4n) is 1.36. The van der Waals surface area contributed by atoms with Crippen LogP contribution in [0.5, 0.6) is 0 Å². The van der Waals surface area contributed by atoms with Crippen LogP contribution in [0, 0.1) is 17.8 Å². The second-order valence-corrected chi connectivity index (χ2v) is 3.75. The van der Waals surface area contributed by atoms with E-state index < -0.39 is 0 Å². The molecule has 1 nitrogen and oxygen atoms in total. The molecule has 0 heterocycles. The predicted octanol–water partition coefficient (Wildman–Crippen LogP) is 2.42. The summed E-state index contributed by atoms with van der Waals surface area (Å²) in [7, 11) is 0. The normalized spacial score (nSPS) is 31.5. The lowest BCUT2D eigenvalue weighted by Crippen LogP contribution is -2.21. The van der Waals surface area contributed by atoms with Gasteiger partial charge in [-0.15, -0.1) is 0 Å². The average molecular weight is 152 g/mol. The Morgan fingerprint density at radius 1 is 1.45 bits per heavy atom. The molecule has 62 valence electrons. The van der Waals surface area contributed by atoms with Crippen molar-refractivity contribution in [3.63, 3.8) is 0 Å². The van der Waals surface area contributed by atoms with Crippen molar-refractivity contribution in [3.05, 3.63) is 12.2 Å². The minimum absolute atomic E-state index is 0.157. The maximum absolute atomic E-state index is 11.3. The number of hydrogen-bond donors (Lipinski definition) is 0. The molecule has 0 aliphatic heterocycles. The molecule has 2 atom stereocenters. The zero-order valence-electron chi connectivity index (χ0n) is 7.50. The van der Waals surface area contributed by atoms with Gasteiger partial charge >= 0.3 is 0 Å². The number of ketones is 1. The van der Waals surface area contributed by atoms with Crippen molar-refractivity contribution in [2.24, 2.45) is 17.8 Å². The number of carbonyl (C=O) groups excluding carboxylic acids is 1. The van der Waals surface area contributed by atoms with Crippen molar-refractivity contribution >= 4 is 5.78 Å². The minimum atomic E-state index is 0.157. The van der Waals surface area contributed by atoms with Crippen LogP contribution in [0.25, 0.3) is 0 Å². The van der Waals surface area contributed by atoms with Crippen molar-refractivity contribution in [3.8, 4) is 0 Å². The molecule has 0 aromatic carbocycles. The molecule has 0 bridgehead atoms. The summed E-state index contributed by atoms with van der Waals surface area (Å²) in [4.78, 5) is 11.3. The lowest BCUT2D eigenvalue weighted by Gasteiger charge is -2.22. The molecule has 2 unspecified atom stereocenters. The quantitative estimate of drug-likeness (QED) is 0.527. The Hall–Kier alpha value is -0.590. The molecule has 0 aromatic heterocycles. The van der Waals surface area contributed by atoms with Gasteiger partial charge in [-0.25, -0.2) is 0 Å². The Bertz CT molecular complexity index is 179. The second-order valence-electron chi connectivity index (χ2n) is 3.75. The lowest BCUT2D eigenvalue weighted by atomic mass is 9.82. The first-order chi connectivity index (χ1) is 5.11. The Morgan fingerprint density at radius 2 is 2.09 bits per heavy atom. The molecule has 0 saturated carbocycles. The Kier molecular flexibility index (Phi) is 2.48. The van der Waals surface area contributed by atoms with E-state index in [1.807, 2.05) is 13.0 Å². The zero-order chi connectivity index (χ0) is 8.43. The molecule has 0 amide bonds. The van der Waals surface area contributed by atoms with Crippen molar-refractivity contribution in [2.45, 2.75) is 27.2 Å². The Labute approximate surface area is 68.5 Å².